The Kier molecular flexibility index (Phi) is 4.19. The van der Waals surface area contributed by atoms with Crippen molar-refractivity contribution in [3.05, 3.63) is 0 Å². The molecule has 2 aliphatic heterocycles. The summed E-state index contributed by atoms with van der Waals surface area (Å²) in [5.41, 5.74) is 0. The van der Waals surface area contributed by atoms with Crippen molar-refractivity contribution < 1.29 is 9.47 Å². The molecule has 2 unspecified atom stereocenters. The predicted molar refractivity (Wildman–Crippen MR) is 54.4 cm³/mol. The van der Waals surface area contributed by atoms with Gasteiger partial charge in [-0.1, -0.05) is 0 Å². The van der Waals surface area contributed by atoms with Gasteiger partial charge in [-0.15, -0.1) is 0 Å². The molecule has 2 rings (SSSR count). The Morgan fingerprint density at radius 3 is 3.00 bits per heavy atom. The first-order valence-corrected chi connectivity index (χ1v) is 5.56. The summed E-state index contributed by atoms with van der Waals surface area (Å²) in [6.07, 6.45) is 1.56. The van der Waals surface area contributed by atoms with E-state index in [0.29, 0.717) is 12.0 Å². The predicted octanol–water partition coefficient (Wildman–Crippen LogP) is -0.399. The molecule has 4 heteroatoms. The van der Waals surface area contributed by atoms with E-state index in [0.717, 1.165) is 46.0 Å². The number of ether oxygens (including phenoxy) is 2. The maximum atomic E-state index is 5.59. The van der Waals surface area contributed by atoms with Crippen molar-refractivity contribution in [1.29, 1.82) is 0 Å². The monoisotopic (exact) mass is 200 g/mol. The fourth-order valence-corrected chi connectivity index (χ4v) is 1.94. The van der Waals surface area contributed by atoms with Crippen LogP contribution in [-0.2, 0) is 9.47 Å². The first-order chi connectivity index (χ1) is 6.95. The number of rotatable bonds is 4. The first-order valence-electron chi connectivity index (χ1n) is 5.56. The van der Waals surface area contributed by atoms with E-state index in [1.54, 1.807) is 0 Å². The molecule has 0 aliphatic carbocycles. The van der Waals surface area contributed by atoms with Gasteiger partial charge in [0.25, 0.3) is 0 Å². The molecule has 2 fully saturated rings. The van der Waals surface area contributed by atoms with E-state index in [2.05, 4.69) is 10.6 Å². The van der Waals surface area contributed by atoms with Crippen LogP contribution in [0.5, 0.6) is 0 Å². The van der Waals surface area contributed by atoms with E-state index in [-0.39, 0.29) is 0 Å². The van der Waals surface area contributed by atoms with Crippen LogP contribution >= 0.6 is 0 Å². The lowest BCUT2D eigenvalue weighted by Crippen LogP contribution is -2.44. The van der Waals surface area contributed by atoms with Crippen molar-refractivity contribution in [1.82, 2.24) is 10.6 Å². The Morgan fingerprint density at radius 2 is 2.29 bits per heavy atom. The molecule has 2 saturated heterocycles. The van der Waals surface area contributed by atoms with E-state index in [4.69, 9.17) is 9.47 Å². The van der Waals surface area contributed by atoms with E-state index in [1.165, 1.54) is 6.42 Å². The third-order valence-corrected chi connectivity index (χ3v) is 2.83. The summed E-state index contributed by atoms with van der Waals surface area (Å²) in [5.74, 6) is 0.714. The molecule has 14 heavy (non-hydrogen) atoms. The quantitative estimate of drug-likeness (QED) is 0.648. The minimum absolute atomic E-state index is 0.353. The maximum absolute atomic E-state index is 5.59. The summed E-state index contributed by atoms with van der Waals surface area (Å²) in [4.78, 5) is 0. The van der Waals surface area contributed by atoms with Gasteiger partial charge in [-0.25, -0.2) is 0 Å². The molecule has 4 nitrogen and oxygen atoms in total. The number of hydrogen-bond donors (Lipinski definition) is 2. The molecule has 0 radical (unpaired) electrons. The summed E-state index contributed by atoms with van der Waals surface area (Å²) >= 11 is 0. The zero-order valence-electron chi connectivity index (χ0n) is 8.63. The lowest BCUT2D eigenvalue weighted by Gasteiger charge is -2.24. The van der Waals surface area contributed by atoms with Gasteiger partial charge in [-0.2, -0.15) is 0 Å². The molecule has 0 aromatic heterocycles. The van der Waals surface area contributed by atoms with Crippen LogP contribution in [0, 0.1) is 5.92 Å². The van der Waals surface area contributed by atoms with Crippen LogP contribution in [-0.4, -0.2) is 52.1 Å². The van der Waals surface area contributed by atoms with Gasteiger partial charge in [0.2, 0.25) is 0 Å². The highest BCUT2D eigenvalue weighted by atomic mass is 16.5. The van der Waals surface area contributed by atoms with Gasteiger partial charge >= 0.3 is 0 Å². The molecule has 0 saturated carbocycles. The highest BCUT2D eigenvalue weighted by Gasteiger charge is 2.17. The second-order valence-electron chi connectivity index (χ2n) is 4.08. The van der Waals surface area contributed by atoms with Crippen molar-refractivity contribution >= 4 is 0 Å². The summed E-state index contributed by atoms with van der Waals surface area (Å²) in [6, 6.07) is 0. The van der Waals surface area contributed by atoms with Crippen molar-refractivity contribution in [3.63, 3.8) is 0 Å². The largest absolute Gasteiger partial charge is 0.381 e. The van der Waals surface area contributed by atoms with Crippen molar-refractivity contribution in [2.24, 2.45) is 5.92 Å². The van der Waals surface area contributed by atoms with Crippen LogP contribution in [0.25, 0.3) is 0 Å². The van der Waals surface area contributed by atoms with Crippen LogP contribution in [0.1, 0.15) is 6.42 Å². The van der Waals surface area contributed by atoms with Crippen LogP contribution in [0.15, 0.2) is 0 Å². The lowest BCUT2D eigenvalue weighted by molar-refractivity contribution is 0.0287. The number of hydrogen-bond acceptors (Lipinski definition) is 4. The molecule has 0 amide bonds. The molecule has 0 aromatic carbocycles. The average molecular weight is 200 g/mol. The van der Waals surface area contributed by atoms with Gasteiger partial charge in [0.15, 0.2) is 0 Å². The summed E-state index contributed by atoms with van der Waals surface area (Å²) in [6.45, 7) is 6.72. The van der Waals surface area contributed by atoms with E-state index < -0.39 is 0 Å². The van der Waals surface area contributed by atoms with Gasteiger partial charge in [-0.05, 0) is 12.3 Å². The Morgan fingerprint density at radius 1 is 1.29 bits per heavy atom. The standard InChI is InChI=1S/C10H20N2O2/c1-3-13-8-9(1)5-12-7-10-6-11-2-4-14-10/h9-12H,1-8H2. The van der Waals surface area contributed by atoms with Crippen molar-refractivity contribution in [2.75, 3.05) is 46.0 Å². The molecular formula is C10H20N2O2. The molecule has 2 aliphatic rings. The van der Waals surface area contributed by atoms with Gasteiger partial charge in [0.1, 0.15) is 0 Å². The zero-order valence-corrected chi connectivity index (χ0v) is 8.63. The minimum atomic E-state index is 0.353. The normalized spacial score (nSPS) is 33.4. The van der Waals surface area contributed by atoms with Crippen molar-refractivity contribution in [3.8, 4) is 0 Å². The smallest absolute Gasteiger partial charge is 0.0824 e. The van der Waals surface area contributed by atoms with Crippen molar-refractivity contribution in [2.45, 2.75) is 12.5 Å². The third kappa shape index (κ3) is 3.20. The number of nitrogens with one attached hydrogen (secondary N) is 2. The van der Waals surface area contributed by atoms with Crippen LogP contribution < -0.4 is 10.6 Å². The molecule has 0 aromatic rings. The fraction of sp³-hybridized carbons (Fsp3) is 1.00. The second-order valence-corrected chi connectivity index (χ2v) is 4.08. The molecule has 0 spiro atoms. The highest BCUT2D eigenvalue weighted by Crippen LogP contribution is 2.10. The molecule has 0 bridgehead atoms. The average Bonchev–Trinajstić information content (AvgIpc) is 2.72. The van der Waals surface area contributed by atoms with Gasteiger partial charge in [0, 0.05) is 32.8 Å². The minimum Gasteiger partial charge on any atom is -0.381 e. The zero-order chi connectivity index (χ0) is 9.64. The lowest BCUT2D eigenvalue weighted by atomic mass is 10.1. The number of morpholine rings is 1. The van der Waals surface area contributed by atoms with Crippen LogP contribution in [0.4, 0.5) is 0 Å². The summed E-state index contributed by atoms with van der Waals surface area (Å²) in [7, 11) is 0. The van der Waals surface area contributed by atoms with E-state index >= 15 is 0 Å². The molecule has 2 N–H and O–H groups in total. The highest BCUT2D eigenvalue weighted by molar-refractivity contribution is 4.72. The summed E-state index contributed by atoms with van der Waals surface area (Å²) < 4.78 is 10.9. The first kappa shape index (κ1) is 10.4. The van der Waals surface area contributed by atoms with E-state index in [9.17, 15) is 0 Å². The van der Waals surface area contributed by atoms with Gasteiger partial charge < -0.3 is 20.1 Å². The Bertz CT molecular complexity index is 154. The Labute approximate surface area is 85.3 Å². The summed E-state index contributed by atoms with van der Waals surface area (Å²) in [5, 5.41) is 6.78. The molecule has 82 valence electrons. The Hall–Kier alpha value is -0.160. The second kappa shape index (κ2) is 5.66. The SMILES string of the molecule is C1COC(CNCC2CCOC2)CN1. The molecule has 2 atom stereocenters. The van der Waals surface area contributed by atoms with Crippen LogP contribution in [0.3, 0.4) is 0 Å². The van der Waals surface area contributed by atoms with Gasteiger partial charge in [0.05, 0.1) is 19.3 Å². The Balaban J connectivity index is 1.52. The van der Waals surface area contributed by atoms with Crippen LogP contribution in [0.2, 0.25) is 0 Å². The fourth-order valence-electron chi connectivity index (χ4n) is 1.94. The molecule has 2 heterocycles. The molecular weight excluding hydrogens is 180 g/mol. The van der Waals surface area contributed by atoms with E-state index in [1.807, 2.05) is 0 Å². The maximum Gasteiger partial charge on any atom is 0.0824 e. The topological polar surface area (TPSA) is 42.5 Å². The third-order valence-electron chi connectivity index (χ3n) is 2.83. The van der Waals surface area contributed by atoms with Gasteiger partial charge in [-0.3, -0.25) is 0 Å².